The highest BCUT2D eigenvalue weighted by Crippen LogP contribution is 1.97. The van der Waals surface area contributed by atoms with Crippen LogP contribution < -0.4 is 0 Å². The van der Waals surface area contributed by atoms with Gasteiger partial charge >= 0.3 is 11.9 Å². The fourth-order valence-electron chi connectivity index (χ4n) is 0.887. The van der Waals surface area contributed by atoms with Crippen molar-refractivity contribution in [3.05, 3.63) is 66.3 Å². The second kappa shape index (κ2) is 13.4. The molecule has 22 heavy (non-hydrogen) atoms. The number of carbonyl (C=O) groups is 2. The van der Waals surface area contributed by atoms with Crippen molar-refractivity contribution in [2.24, 2.45) is 0 Å². The van der Waals surface area contributed by atoms with Crippen LogP contribution in [0, 0.1) is 0 Å². The second-order valence-electron chi connectivity index (χ2n) is 4.16. The molecule has 0 aliphatic rings. The lowest BCUT2D eigenvalue weighted by Crippen LogP contribution is -1.98. The average Bonchev–Trinajstić information content (AvgIpc) is 2.54. The molecule has 0 heterocycles. The van der Waals surface area contributed by atoms with E-state index in [1.807, 2.05) is 36.4 Å². The molecule has 1 aromatic rings. The Labute approximate surface area is 132 Å². The molecule has 0 spiro atoms. The Kier molecular flexibility index (Phi) is 13.2. The SMILES string of the molecule is C=C(C)C(=O)OC.C=Cc1ccccc1.CC=C(C)C(=O)O. The Hall–Kier alpha value is -2.62. The van der Waals surface area contributed by atoms with Gasteiger partial charge in [0.1, 0.15) is 0 Å². The first-order chi connectivity index (χ1) is 10.3. The van der Waals surface area contributed by atoms with Crippen LogP contribution in [0.5, 0.6) is 0 Å². The molecule has 0 saturated carbocycles. The molecule has 0 saturated heterocycles. The molecule has 1 aromatic carbocycles. The van der Waals surface area contributed by atoms with Gasteiger partial charge in [0.15, 0.2) is 0 Å². The van der Waals surface area contributed by atoms with E-state index in [1.54, 1.807) is 26.8 Å². The number of esters is 1. The molecule has 0 amide bonds. The van der Waals surface area contributed by atoms with Crippen LogP contribution in [0.25, 0.3) is 6.08 Å². The van der Waals surface area contributed by atoms with Gasteiger partial charge < -0.3 is 9.84 Å². The summed E-state index contributed by atoms with van der Waals surface area (Å²) < 4.78 is 4.27. The minimum atomic E-state index is -0.845. The van der Waals surface area contributed by atoms with E-state index < -0.39 is 5.97 Å². The molecule has 0 radical (unpaired) electrons. The zero-order valence-electron chi connectivity index (χ0n) is 13.6. The van der Waals surface area contributed by atoms with Crippen LogP contribution in [0.15, 0.2) is 60.7 Å². The lowest BCUT2D eigenvalue weighted by atomic mass is 10.2. The number of ether oxygens (including phenoxy) is 1. The predicted molar refractivity (Wildman–Crippen MR) is 90.4 cm³/mol. The summed E-state index contributed by atoms with van der Waals surface area (Å²) in [5.41, 5.74) is 2.00. The summed E-state index contributed by atoms with van der Waals surface area (Å²) in [5.74, 6) is -1.19. The summed E-state index contributed by atoms with van der Waals surface area (Å²) in [5, 5.41) is 8.11. The van der Waals surface area contributed by atoms with Crippen LogP contribution in [0.3, 0.4) is 0 Å². The summed E-state index contributed by atoms with van der Waals surface area (Å²) in [4.78, 5) is 20.1. The molecular weight excluding hydrogens is 280 g/mol. The summed E-state index contributed by atoms with van der Waals surface area (Å²) >= 11 is 0. The van der Waals surface area contributed by atoms with Gasteiger partial charge in [-0.1, -0.05) is 55.6 Å². The molecule has 0 aliphatic heterocycles. The monoisotopic (exact) mass is 304 g/mol. The van der Waals surface area contributed by atoms with Crippen molar-refractivity contribution in [3.8, 4) is 0 Å². The van der Waals surface area contributed by atoms with E-state index in [0.29, 0.717) is 11.1 Å². The summed E-state index contributed by atoms with van der Waals surface area (Å²) in [6.45, 7) is 11.8. The predicted octanol–water partition coefficient (Wildman–Crippen LogP) is 4.10. The number of carboxylic acids is 1. The maximum absolute atomic E-state index is 10.2. The van der Waals surface area contributed by atoms with Crippen molar-refractivity contribution in [1.82, 2.24) is 0 Å². The van der Waals surface area contributed by atoms with Gasteiger partial charge in [-0.2, -0.15) is 0 Å². The van der Waals surface area contributed by atoms with Crippen LogP contribution in [-0.4, -0.2) is 24.2 Å². The molecule has 0 aromatic heterocycles. The van der Waals surface area contributed by atoms with E-state index in [-0.39, 0.29) is 5.97 Å². The van der Waals surface area contributed by atoms with E-state index in [1.165, 1.54) is 12.7 Å². The van der Waals surface area contributed by atoms with Crippen molar-refractivity contribution in [1.29, 1.82) is 0 Å². The molecule has 0 unspecified atom stereocenters. The van der Waals surface area contributed by atoms with E-state index in [4.69, 9.17) is 5.11 Å². The van der Waals surface area contributed by atoms with E-state index >= 15 is 0 Å². The third-order valence-corrected chi connectivity index (χ3v) is 2.34. The molecule has 0 aliphatic carbocycles. The van der Waals surface area contributed by atoms with Gasteiger partial charge in [-0.25, -0.2) is 9.59 Å². The van der Waals surface area contributed by atoms with Gasteiger partial charge in [-0.15, -0.1) is 0 Å². The van der Waals surface area contributed by atoms with Gasteiger partial charge in [0.05, 0.1) is 7.11 Å². The number of carbonyl (C=O) groups excluding carboxylic acids is 1. The molecule has 1 rings (SSSR count). The molecule has 4 nitrogen and oxygen atoms in total. The van der Waals surface area contributed by atoms with Crippen molar-refractivity contribution in [3.63, 3.8) is 0 Å². The van der Waals surface area contributed by atoms with E-state index in [9.17, 15) is 9.59 Å². The second-order valence-corrected chi connectivity index (χ2v) is 4.16. The van der Waals surface area contributed by atoms with Crippen molar-refractivity contribution >= 4 is 18.0 Å². The van der Waals surface area contributed by atoms with E-state index in [2.05, 4.69) is 17.9 Å². The number of carboxylic acid groups (broad SMARTS) is 1. The summed E-state index contributed by atoms with van der Waals surface area (Å²) in [6, 6.07) is 10.0. The molecule has 0 fully saturated rings. The number of benzene rings is 1. The zero-order valence-corrected chi connectivity index (χ0v) is 13.6. The van der Waals surface area contributed by atoms with Gasteiger partial charge in [-0.05, 0) is 26.3 Å². The molecule has 120 valence electrons. The van der Waals surface area contributed by atoms with Crippen LogP contribution >= 0.6 is 0 Å². The first-order valence-corrected chi connectivity index (χ1v) is 6.57. The minimum Gasteiger partial charge on any atom is -0.478 e. The Morgan fingerprint density at radius 3 is 1.82 bits per heavy atom. The number of rotatable bonds is 3. The third kappa shape index (κ3) is 12.4. The lowest BCUT2D eigenvalue weighted by Gasteiger charge is -1.91. The first kappa shape index (κ1) is 21.7. The Morgan fingerprint density at radius 2 is 1.68 bits per heavy atom. The highest BCUT2D eigenvalue weighted by Gasteiger charge is 1.95. The molecule has 0 atom stereocenters. The smallest absolute Gasteiger partial charge is 0.332 e. The van der Waals surface area contributed by atoms with Crippen molar-refractivity contribution in [2.75, 3.05) is 7.11 Å². The van der Waals surface area contributed by atoms with Gasteiger partial charge in [-0.3, -0.25) is 0 Å². The fraction of sp³-hybridized carbons (Fsp3) is 0.222. The molecular formula is C18H24O4. The average molecular weight is 304 g/mol. The Bertz CT molecular complexity index is 513. The number of hydrogen-bond acceptors (Lipinski definition) is 3. The minimum absolute atomic E-state index is 0.347. The topological polar surface area (TPSA) is 63.6 Å². The molecule has 4 heteroatoms. The number of methoxy groups -OCH3 is 1. The highest BCUT2D eigenvalue weighted by molar-refractivity contribution is 5.86. The maximum Gasteiger partial charge on any atom is 0.332 e. The maximum atomic E-state index is 10.2. The Morgan fingerprint density at radius 1 is 1.18 bits per heavy atom. The van der Waals surface area contributed by atoms with Gasteiger partial charge in [0.25, 0.3) is 0 Å². The normalized spacial score (nSPS) is 9.18. The van der Waals surface area contributed by atoms with Gasteiger partial charge in [0, 0.05) is 11.1 Å². The summed E-state index contributed by atoms with van der Waals surface area (Å²) in [6.07, 6.45) is 3.39. The summed E-state index contributed by atoms with van der Waals surface area (Å²) in [7, 11) is 1.33. The largest absolute Gasteiger partial charge is 0.478 e. The highest BCUT2D eigenvalue weighted by atomic mass is 16.5. The van der Waals surface area contributed by atoms with Crippen LogP contribution in [-0.2, 0) is 14.3 Å². The number of allylic oxidation sites excluding steroid dienone is 1. The molecule has 1 N–H and O–H groups in total. The van der Waals surface area contributed by atoms with Crippen LogP contribution in [0.1, 0.15) is 26.3 Å². The zero-order chi connectivity index (χ0) is 17.5. The number of aliphatic carboxylic acids is 1. The fourth-order valence-corrected chi connectivity index (χ4v) is 0.887. The quantitative estimate of drug-likeness (QED) is 0.674. The van der Waals surface area contributed by atoms with Crippen molar-refractivity contribution in [2.45, 2.75) is 20.8 Å². The lowest BCUT2D eigenvalue weighted by molar-refractivity contribution is -0.136. The van der Waals surface area contributed by atoms with Crippen LogP contribution in [0.4, 0.5) is 0 Å². The van der Waals surface area contributed by atoms with E-state index in [0.717, 1.165) is 0 Å². The Balaban J connectivity index is 0. The standard InChI is InChI=1S/C8H8.2C5H8O2/c1-2-8-6-4-3-5-7-8;1-4(2)5(6)7-3;1-3-4(2)5(6)7/h2-7H,1H2;1H2,2-3H3;3H,1-2H3,(H,6,7). The van der Waals surface area contributed by atoms with Gasteiger partial charge in [0.2, 0.25) is 0 Å². The number of hydrogen-bond donors (Lipinski definition) is 1. The molecule has 0 bridgehead atoms. The van der Waals surface area contributed by atoms with Crippen molar-refractivity contribution < 1.29 is 19.4 Å². The van der Waals surface area contributed by atoms with Crippen LogP contribution in [0.2, 0.25) is 0 Å². The third-order valence-electron chi connectivity index (χ3n) is 2.34. The first-order valence-electron chi connectivity index (χ1n) is 6.57.